The Hall–Kier alpha value is -3.41. The van der Waals surface area contributed by atoms with Crippen LogP contribution >= 0.6 is 23.5 Å². The number of rotatable bonds is 5. The van der Waals surface area contributed by atoms with Gasteiger partial charge in [-0.2, -0.15) is 0 Å². The van der Waals surface area contributed by atoms with E-state index >= 15 is 0 Å². The molecule has 1 aromatic heterocycles. The molecule has 4 aromatic rings. The highest BCUT2D eigenvalue weighted by Gasteiger charge is 2.74. The van der Waals surface area contributed by atoms with Gasteiger partial charge in [0.15, 0.2) is 10.2 Å². The lowest BCUT2D eigenvalue weighted by atomic mass is 9.72. The lowest BCUT2D eigenvalue weighted by molar-refractivity contribution is -0.157. The van der Waals surface area contributed by atoms with Crippen molar-refractivity contribution in [3.8, 4) is 0 Å². The summed E-state index contributed by atoms with van der Waals surface area (Å²) < 4.78 is 30.7. The van der Waals surface area contributed by atoms with Crippen LogP contribution in [0.1, 0.15) is 17.5 Å². The van der Waals surface area contributed by atoms with E-state index < -0.39 is 31.8 Å². The highest BCUT2D eigenvalue weighted by Crippen LogP contribution is 2.65. The van der Waals surface area contributed by atoms with Crippen LogP contribution in [0.5, 0.6) is 0 Å². The second-order valence-corrected chi connectivity index (χ2v) is 14.4. The van der Waals surface area contributed by atoms with Crippen LogP contribution in [0.2, 0.25) is 0 Å². The molecule has 3 aliphatic heterocycles. The number of benzene rings is 3. The van der Waals surface area contributed by atoms with Gasteiger partial charge in [-0.05, 0) is 47.9 Å². The number of H-pyrrole nitrogens is 1. The van der Waals surface area contributed by atoms with Crippen LogP contribution in [0, 0.1) is 0 Å². The minimum atomic E-state index is -4.16. The lowest BCUT2D eigenvalue weighted by Gasteiger charge is -2.49. The number of amides is 2. The number of nitrogens with one attached hydrogen (secondary N) is 1. The molecule has 8 nitrogen and oxygen atoms in total. The Morgan fingerprint density at radius 1 is 0.902 bits per heavy atom. The zero-order chi connectivity index (χ0) is 28.7. The third kappa shape index (κ3) is 3.22. The molecule has 0 unspecified atom stereocenters. The number of hydrogen-bond acceptors (Lipinski definition) is 6. The topological polar surface area (TPSA) is 93.8 Å². The first-order valence-corrected chi connectivity index (χ1v) is 17.1. The van der Waals surface area contributed by atoms with Crippen LogP contribution < -0.4 is 4.31 Å². The molecule has 4 heterocycles. The van der Waals surface area contributed by atoms with Crippen molar-refractivity contribution in [3.63, 3.8) is 0 Å². The molecule has 2 amide bonds. The van der Waals surface area contributed by atoms with Gasteiger partial charge in [-0.1, -0.05) is 54.6 Å². The third-order valence-electron chi connectivity index (χ3n) is 8.82. The summed E-state index contributed by atoms with van der Waals surface area (Å²) in [5.41, 5.74) is 2.03. The Balaban J connectivity index is 1.61. The molecule has 4 atom stereocenters. The summed E-state index contributed by atoms with van der Waals surface area (Å²) in [6.45, 7) is 0. The number of thioether (sulfide) groups is 2. The molecule has 2 saturated heterocycles. The number of aromatic amines is 1. The van der Waals surface area contributed by atoms with Gasteiger partial charge in [-0.3, -0.25) is 14.5 Å². The van der Waals surface area contributed by atoms with E-state index in [1.807, 2.05) is 54.9 Å². The van der Waals surface area contributed by atoms with E-state index in [1.54, 1.807) is 54.6 Å². The second-order valence-electron chi connectivity index (χ2n) is 10.6. The number of piperazine rings is 1. The minimum Gasteiger partial charge on any atom is -0.361 e. The zero-order valence-corrected chi connectivity index (χ0v) is 25.1. The van der Waals surface area contributed by atoms with Crippen molar-refractivity contribution < 1.29 is 18.0 Å². The third-order valence-corrected chi connectivity index (χ3v) is 12.8. The fourth-order valence-corrected chi connectivity index (χ4v) is 10.6. The van der Waals surface area contributed by atoms with Crippen LogP contribution in [0.25, 0.3) is 10.9 Å². The van der Waals surface area contributed by atoms with E-state index in [-0.39, 0.29) is 23.1 Å². The van der Waals surface area contributed by atoms with Crippen molar-refractivity contribution >= 4 is 62.0 Å². The number of hydrogen-bond donors (Lipinski definition) is 1. The normalized spacial score (nSPS) is 27.3. The van der Waals surface area contributed by atoms with Gasteiger partial charge < -0.3 is 9.88 Å². The van der Waals surface area contributed by atoms with Gasteiger partial charge in [0.25, 0.3) is 21.8 Å². The van der Waals surface area contributed by atoms with Gasteiger partial charge in [-0.15, -0.1) is 23.5 Å². The summed E-state index contributed by atoms with van der Waals surface area (Å²) in [6, 6.07) is 23.6. The lowest BCUT2D eigenvalue weighted by Crippen LogP contribution is -2.69. The molecule has 0 bridgehead atoms. The van der Waals surface area contributed by atoms with Crippen molar-refractivity contribution in [1.29, 1.82) is 0 Å². The van der Waals surface area contributed by atoms with E-state index in [2.05, 4.69) is 4.98 Å². The van der Waals surface area contributed by atoms with Gasteiger partial charge in [-0.25, -0.2) is 12.7 Å². The summed E-state index contributed by atoms with van der Waals surface area (Å²) in [5.74, 6) is -0.478. The van der Waals surface area contributed by atoms with E-state index in [0.717, 1.165) is 22.0 Å². The summed E-state index contributed by atoms with van der Waals surface area (Å²) in [4.78, 5) is 34.2. The predicted octanol–water partition coefficient (Wildman–Crippen LogP) is 4.44. The molecule has 41 heavy (non-hydrogen) atoms. The number of anilines is 1. The average molecular weight is 605 g/mol. The van der Waals surface area contributed by atoms with Gasteiger partial charge in [0.1, 0.15) is 6.17 Å². The molecule has 7 rings (SSSR count). The van der Waals surface area contributed by atoms with E-state index in [1.165, 1.54) is 32.7 Å². The minimum absolute atomic E-state index is 0.125. The number of nitrogens with zero attached hydrogens (tertiary/aromatic N) is 3. The fraction of sp³-hybridized carbons (Fsp3) is 0.267. The predicted molar refractivity (Wildman–Crippen MR) is 163 cm³/mol. The number of aromatic nitrogens is 1. The highest BCUT2D eigenvalue weighted by molar-refractivity contribution is 8.01. The Morgan fingerprint density at radius 3 is 2.32 bits per heavy atom. The monoisotopic (exact) mass is 604 g/mol. The summed E-state index contributed by atoms with van der Waals surface area (Å²) in [5, 5.41) is 0.156. The maximum absolute atomic E-state index is 14.7. The molecule has 0 saturated carbocycles. The van der Waals surface area contributed by atoms with Gasteiger partial charge in [0.2, 0.25) is 0 Å². The summed E-state index contributed by atoms with van der Waals surface area (Å²) in [7, 11) is -2.50. The fourth-order valence-electron chi connectivity index (χ4n) is 7.13. The molecule has 0 radical (unpaired) electrons. The quantitative estimate of drug-likeness (QED) is 0.362. The van der Waals surface area contributed by atoms with Gasteiger partial charge in [0, 0.05) is 30.6 Å². The maximum Gasteiger partial charge on any atom is 0.266 e. The standard InChI is InChI=1S/C30H28N4O4S3/c1-32-26(39-2)25(35)33-27-29(18-30(33,40-3)28(32)36,22-17-31-23-15-9-7-13-20(22)23)21-14-8-10-16-24(21)34(27)41(37,38)19-11-5-4-6-12-19/h4-17,26-27,31H,18H2,1-3H3/t26-,27-,29+,30-/m0/s1. The molecule has 210 valence electrons. The van der Waals surface area contributed by atoms with Crippen LogP contribution in [-0.2, 0) is 25.0 Å². The van der Waals surface area contributed by atoms with Crippen molar-refractivity contribution in [2.45, 2.75) is 33.1 Å². The van der Waals surface area contributed by atoms with Crippen LogP contribution in [0.15, 0.2) is 90.0 Å². The smallest absolute Gasteiger partial charge is 0.266 e. The molecule has 3 aromatic carbocycles. The second kappa shape index (κ2) is 9.04. The number of carbonyl (C=O) groups is 2. The van der Waals surface area contributed by atoms with Crippen molar-refractivity contribution in [2.75, 3.05) is 23.9 Å². The number of para-hydroxylation sites is 2. The molecule has 1 N–H and O–H groups in total. The van der Waals surface area contributed by atoms with Crippen molar-refractivity contribution in [2.24, 2.45) is 0 Å². The van der Waals surface area contributed by atoms with Crippen LogP contribution in [-0.4, -0.2) is 71.0 Å². The molecule has 0 aliphatic carbocycles. The Kier molecular flexibility index (Phi) is 5.84. The molecule has 2 fully saturated rings. The number of carbonyl (C=O) groups excluding carboxylic acids is 2. The largest absolute Gasteiger partial charge is 0.361 e. The first kappa shape index (κ1) is 26.5. The Labute approximate surface area is 247 Å². The summed E-state index contributed by atoms with van der Waals surface area (Å²) >= 11 is 2.58. The Morgan fingerprint density at radius 2 is 1.59 bits per heavy atom. The average Bonchev–Trinajstić information content (AvgIpc) is 3.64. The van der Waals surface area contributed by atoms with Crippen LogP contribution in [0.3, 0.4) is 0 Å². The SMILES string of the molecule is CS[C@H]1C(=O)N2[C@H]3N(S(=O)(=O)c4ccccc4)c4ccccc4[C@@]3(c3c[nH]c4ccccc34)C[C@]2(SC)C(=O)N1C. The number of likely N-dealkylation sites (N-methyl/N-ethyl adjacent to an activating group) is 1. The first-order valence-electron chi connectivity index (χ1n) is 13.2. The van der Waals surface area contributed by atoms with Crippen molar-refractivity contribution in [3.05, 3.63) is 96.2 Å². The van der Waals surface area contributed by atoms with Gasteiger partial charge >= 0.3 is 0 Å². The van der Waals surface area contributed by atoms with E-state index in [9.17, 15) is 18.0 Å². The zero-order valence-electron chi connectivity index (χ0n) is 22.6. The summed E-state index contributed by atoms with van der Waals surface area (Å²) in [6.07, 6.45) is 4.77. The van der Waals surface area contributed by atoms with Gasteiger partial charge in [0.05, 0.1) is 16.0 Å². The Bertz CT molecular complexity index is 1830. The molecular weight excluding hydrogens is 577 g/mol. The van der Waals surface area contributed by atoms with Crippen molar-refractivity contribution in [1.82, 2.24) is 14.8 Å². The number of fused-ring (bicyclic) bond motifs is 6. The molecule has 3 aliphatic rings. The van der Waals surface area contributed by atoms with Crippen LogP contribution in [0.4, 0.5) is 5.69 Å². The first-order chi connectivity index (χ1) is 19.7. The highest BCUT2D eigenvalue weighted by atomic mass is 32.2. The molecular formula is C30H28N4O4S3. The molecule has 0 spiro atoms. The molecule has 11 heteroatoms. The van der Waals surface area contributed by atoms with E-state index in [0.29, 0.717) is 5.69 Å². The van der Waals surface area contributed by atoms with E-state index in [4.69, 9.17) is 0 Å². The maximum atomic E-state index is 14.7. The number of sulfonamides is 1.